The molecular weight excluding hydrogens is 534 g/mol. The van der Waals surface area contributed by atoms with Gasteiger partial charge in [-0.3, -0.25) is 19.4 Å². The number of nitrogens with zero attached hydrogens (tertiary/aromatic N) is 2. The number of aliphatic hydroxyl groups excluding tert-OH is 2. The summed E-state index contributed by atoms with van der Waals surface area (Å²) in [5.41, 5.74) is 5.78. The largest absolute Gasteiger partial charge is 0.510 e. The number of methoxy groups -OCH3 is 1. The van der Waals surface area contributed by atoms with Gasteiger partial charge < -0.3 is 25.8 Å². The van der Waals surface area contributed by atoms with Crippen LogP contribution in [0.2, 0.25) is 5.02 Å². The van der Waals surface area contributed by atoms with Crippen LogP contribution in [-0.4, -0.2) is 82.7 Å². The molecule has 1 aromatic rings. The number of Topliss-reactive ketones (excluding diaryl/α,β-unsaturated/α-hetero) is 1. The Labute approximate surface area is 240 Å². The number of fused-ring (bicyclic) bond motifs is 3. The Hall–Kier alpha value is -2.59. The van der Waals surface area contributed by atoms with Gasteiger partial charge in [-0.1, -0.05) is 24.9 Å². The van der Waals surface area contributed by atoms with Crippen LogP contribution >= 0.6 is 11.6 Å². The summed E-state index contributed by atoms with van der Waals surface area (Å²) in [5, 5.41) is 34.2. The molecule has 0 radical (unpaired) electrons. The molecule has 9 nitrogen and oxygen atoms in total. The second-order valence-electron chi connectivity index (χ2n) is 12.1. The molecule has 2 fully saturated rings. The standard InChI is InChI=1S/C30H40ClN3O6/c1-5-34(13-15-7-6-8-15)14-17-11-21(35)23-18(24(17)31)9-16-10-20-25(33(2)3)26(36)19(29(32)39)12-30(20,40-4)28(38)22(16)27(23)37/h11,15-16,20,25,35-37H,5-10,12-14H2,1-4H3,(H2,32,39)/t16-,20-,25-,30-/m0/s1. The zero-order valence-electron chi connectivity index (χ0n) is 23.7. The van der Waals surface area contributed by atoms with Crippen LogP contribution in [0.4, 0.5) is 0 Å². The monoisotopic (exact) mass is 573 g/mol. The van der Waals surface area contributed by atoms with Gasteiger partial charge in [0, 0.05) is 43.1 Å². The second kappa shape index (κ2) is 10.7. The van der Waals surface area contributed by atoms with Crippen molar-refractivity contribution >= 4 is 29.1 Å². The molecule has 40 heavy (non-hydrogen) atoms. The van der Waals surface area contributed by atoms with Gasteiger partial charge in [0.25, 0.3) is 0 Å². The number of aromatic hydroxyl groups is 1. The van der Waals surface area contributed by atoms with Gasteiger partial charge in [0.15, 0.2) is 5.78 Å². The summed E-state index contributed by atoms with van der Waals surface area (Å²) in [7, 11) is 4.93. The van der Waals surface area contributed by atoms with Crippen LogP contribution in [0.3, 0.4) is 0 Å². The number of carbonyl (C=O) groups is 2. The first-order valence-electron chi connectivity index (χ1n) is 14.1. The number of phenolic OH excluding ortho intramolecular Hbond substituents is 1. The maximum absolute atomic E-state index is 14.3. The molecule has 0 saturated heterocycles. The number of carbonyl (C=O) groups excluding carboxylic acids is 2. The summed E-state index contributed by atoms with van der Waals surface area (Å²) < 4.78 is 5.90. The van der Waals surface area contributed by atoms with Gasteiger partial charge in [-0.15, -0.1) is 0 Å². The Morgan fingerprint density at radius 2 is 1.95 bits per heavy atom. The van der Waals surface area contributed by atoms with Crippen molar-refractivity contribution in [2.45, 2.75) is 63.6 Å². The molecule has 0 aliphatic heterocycles. The fourth-order valence-corrected chi connectivity index (χ4v) is 7.72. The van der Waals surface area contributed by atoms with Crippen molar-refractivity contribution in [3.05, 3.63) is 44.7 Å². The maximum atomic E-state index is 14.3. The zero-order valence-corrected chi connectivity index (χ0v) is 24.4. The van der Waals surface area contributed by atoms with Gasteiger partial charge in [-0.2, -0.15) is 0 Å². The fourth-order valence-electron chi connectivity index (χ4n) is 7.43. The molecule has 5 N–H and O–H groups in total. The number of ketones is 1. The third-order valence-electron chi connectivity index (χ3n) is 9.74. The summed E-state index contributed by atoms with van der Waals surface area (Å²) in [6.07, 6.45) is 4.28. The number of phenols is 1. The third kappa shape index (κ3) is 4.42. The van der Waals surface area contributed by atoms with E-state index in [-0.39, 0.29) is 40.4 Å². The highest BCUT2D eigenvalue weighted by Crippen LogP contribution is 2.55. The Balaban J connectivity index is 1.57. The summed E-state index contributed by atoms with van der Waals surface area (Å²) >= 11 is 6.98. The first-order chi connectivity index (χ1) is 18.9. The summed E-state index contributed by atoms with van der Waals surface area (Å²) in [5.74, 6) is -2.10. The van der Waals surface area contributed by atoms with E-state index in [4.69, 9.17) is 22.1 Å². The molecule has 0 aromatic heterocycles. The molecule has 0 bridgehead atoms. The Morgan fingerprint density at radius 3 is 2.50 bits per heavy atom. The van der Waals surface area contributed by atoms with Crippen molar-refractivity contribution in [2.24, 2.45) is 23.5 Å². The van der Waals surface area contributed by atoms with E-state index in [1.807, 2.05) is 0 Å². The smallest absolute Gasteiger partial charge is 0.248 e. The molecule has 4 atom stereocenters. The molecule has 2 saturated carbocycles. The highest BCUT2D eigenvalue weighted by atomic mass is 35.5. The Morgan fingerprint density at radius 1 is 1.25 bits per heavy atom. The first-order valence-corrected chi connectivity index (χ1v) is 14.5. The van der Waals surface area contributed by atoms with Crippen LogP contribution in [0, 0.1) is 17.8 Å². The zero-order chi connectivity index (χ0) is 29.1. The van der Waals surface area contributed by atoms with Crippen LogP contribution in [0.5, 0.6) is 5.75 Å². The second-order valence-corrected chi connectivity index (χ2v) is 12.5. The molecular formula is C30H40ClN3O6. The maximum Gasteiger partial charge on any atom is 0.248 e. The number of hydrogen-bond acceptors (Lipinski definition) is 8. The molecule has 0 heterocycles. The predicted octanol–water partition coefficient (Wildman–Crippen LogP) is 3.71. The van der Waals surface area contributed by atoms with Crippen LogP contribution in [0.25, 0.3) is 5.76 Å². The number of amides is 1. The Bertz CT molecular complexity index is 1300. The van der Waals surface area contributed by atoms with Crippen molar-refractivity contribution < 1.29 is 29.6 Å². The molecule has 0 unspecified atom stereocenters. The number of ether oxygens (including phenoxy) is 1. The normalized spacial score (nSPS) is 28.5. The van der Waals surface area contributed by atoms with Crippen LogP contribution in [-0.2, 0) is 27.3 Å². The van der Waals surface area contributed by atoms with Gasteiger partial charge in [-0.05, 0) is 75.4 Å². The number of halogens is 1. The van der Waals surface area contributed by atoms with Crippen molar-refractivity contribution in [1.29, 1.82) is 0 Å². The number of primary amides is 1. The fraction of sp³-hybridized carbons (Fsp3) is 0.600. The number of nitrogens with two attached hydrogens (primary N) is 1. The van der Waals surface area contributed by atoms with Crippen molar-refractivity contribution in [2.75, 3.05) is 34.3 Å². The number of likely N-dealkylation sites (N-methyl/N-ethyl adjacent to an activating group) is 1. The lowest BCUT2D eigenvalue weighted by Gasteiger charge is -2.53. The molecule has 0 spiro atoms. The lowest BCUT2D eigenvalue weighted by atomic mass is 9.57. The van der Waals surface area contributed by atoms with Gasteiger partial charge in [0.05, 0.1) is 17.2 Å². The minimum atomic E-state index is -1.51. The highest BCUT2D eigenvalue weighted by molar-refractivity contribution is 6.32. The summed E-state index contributed by atoms with van der Waals surface area (Å²) in [6.45, 7) is 4.53. The lowest BCUT2D eigenvalue weighted by molar-refractivity contribution is -0.157. The molecule has 4 aliphatic rings. The van der Waals surface area contributed by atoms with Crippen LogP contribution in [0.1, 0.15) is 55.7 Å². The number of rotatable bonds is 8. The topological polar surface area (TPSA) is 137 Å². The first kappa shape index (κ1) is 28.9. The molecule has 10 heteroatoms. The highest BCUT2D eigenvalue weighted by Gasteiger charge is 2.61. The molecule has 4 aliphatic carbocycles. The summed E-state index contributed by atoms with van der Waals surface area (Å²) in [4.78, 5) is 30.6. The molecule has 5 rings (SSSR count). The van der Waals surface area contributed by atoms with Gasteiger partial charge in [0.2, 0.25) is 5.91 Å². The minimum absolute atomic E-state index is 0.0576. The molecule has 1 aromatic carbocycles. The average Bonchev–Trinajstić information content (AvgIpc) is 2.87. The van der Waals surface area contributed by atoms with E-state index in [0.717, 1.165) is 18.7 Å². The van der Waals surface area contributed by atoms with Crippen molar-refractivity contribution in [3.63, 3.8) is 0 Å². The quantitative estimate of drug-likeness (QED) is 0.369. The summed E-state index contributed by atoms with van der Waals surface area (Å²) in [6, 6.07) is 0.906. The lowest BCUT2D eigenvalue weighted by Crippen LogP contribution is -2.63. The van der Waals surface area contributed by atoms with Crippen molar-refractivity contribution in [1.82, 2.24) is 9.80 Å². The van der Waals surface area contributed by atoms with Crippen LogP contribution in [0.15, 0.2) is 23.0 Å². The van der Waals surface area contributed by atoms with E-state index in [1.54, 1.807) is 25.1 Å². The third-order valence-corrected chi connectivity index (χ3v) is 10.2. The predicted molar refractivity (Wildman–Crippen MR) is 152 cm³/mol. The number of aliphatic hydroxyl groups is 2. The van der Waals surface area contributed by atoms with Crippen LogP contribution < -0.4 is 5.73 Å². The molecule has 1 amide bonds. The Kier molecular flexibility index (Phi) is 7.72. The van der Waals surface area contributed by atoms with E-state index in [9.17, 15) is 24.9 Å². The van der Waals surface area contributed by atoms with E-state index < -0.39 is 35.2 Å². The molecule has 218 valence electrons. The van der Waals surface area contributed by atoms with E-state index in [1.165, 1.54) is 26.4 Å². The average molecular weight is 574 g/mol. The van der Waals surface area contributed by atoms with Crippen molar-refractivity contribution in [3.8, 4) is 5.75 Å². The minimum Gasteiger partial charge on any atom is -0.510 e. The van der Waals surface area contributed by atoms with E-state index >= 15 is 0 Å². The van der Waals surface area contributed by atoms with E-state index in [0.29, 0.717) is 35.9 Å². The van der Waals surface area contributed by atoms with Gasteiger partial charge >= 0.3 is 0 Å². The number of benzene rings is 1. The number of hydrogen-bond donors (Lipinski definition) is 4. The van der Waals surface area contributed by atoms with Gasteiger partial charge in [0.1, 0.15) is 22.9 Å². The van der Waals surface area contributed by atoms with E-state index in [2.05, 4.69) is 11.8 Å². The SMILES string of the molecule is CCN(Cc1cc(O)c2c(c1Cl)C[C@H]1C[C@H]3[C@H](N(C)C)C(O)=C(C(N)=O)C[C@@]3(OC)C(=O)C1=C2O)CC1CCC1. The van der Waals surface area contributed by atoms with Gasteiger partial charge in [-0.25, -0.2) is 0 Å².